The Kier molecular flexibility index (Phi) is 6.06. The number of ether oxygens (including phenoxy) is 1. The zero-order valence-corrected chi connectivity index (χ0v) is 11.1. The fraction of sp³-hybridized carbons (Fsp3) is 0.600. The third-order valence-electron chi connectivity index (χ3n) is 3.07. The van der Waals surface area contributed by atoms with Gasteiger partial charge in [-0.25, -0.2) is 0 Å². The van der Waals surface area contributed by atoms with Crippen molar-refractivity contribution >= 4 is 0 Å². The van der Waals surface area contributed by atoms with Crippen LogP contribution < -0.4 is 4.74 Å². The fourth-order valence-corrected chi connectivity index (χ4v) is 1.93. The summed E-state index contributed by atoms with van der Waals surface area (Å²) in [5.41, 5.74) is 1.20. The van der Waals surface area contributed by atoms with Gasteiger partial charge in [-0.15, -0.1) is 0 Å². The standard InChI is InChI=1S/C15H24O2/c1-4-6-13(3)15(16)9-10-17-14-8-5-7-12(2)11-14/h5,7-8,11,13,15-16H,4,6,9-10H2,1-3H3. The van der Waals surface area contributed by atoms with Crippen molar-refractivity contribution in [2.24, 2.45) is 5.92 Å². The molecular formula is C15H24O2. The van der Waals surface area contributed by atoms with E-state index in [2.05, 4.69) is 13.8 Å². The van der Waals surface area contributed by atoms with Gasteiger partial charge in [0.15, 0.2) is 0 Å². The van der Waals surface area contributed by atoms with E-state index in [1.54, 1.807) is 0 Å². The van der Waals surface area contributed by atoms with Gasteiger partial charge in [-0.3, -0.25) is 0 Å². The van der Waals surface area contributed by atoms with Crippen LogP contribution in [-0.4, -0.2) is 17.8 Å². The van der Waals surface area contributed by atoms with Crippen molar-refractivity contribution in [2.75, 3.05) is 6.61 Å². The van der Waals surface area contributed by atoms with Gasteiger partial charge in [0, 0.05) is 6.42 Å². The van der Waals surface area contributed by atoms with Crippen LogP contribution in [0.15, 0.2) is 24.3 Å². The molecule has 0 amide bonds. The maximum Gasteiger partial charge on any atom is 0.119 e. The molecule has 1 rings (SSSR count). The van der Waals surface area contributed by atoms with E-state index in [1.807, 2.05) is 31.2 Å². The highest BCUT2D eigenvalue weighted by Crippen LogP contribution is 2.16. The Morgan fingerprint density at radius 1 is 1.29 bits per heavy atom. The molecule has 0 heterocycles. The first kappa shape index (κ1) is 14.0. The monoisotopic (exact) mass is 236 g/mol. The number of aryl methyl sites for hydroxylation is 1. The molecule has 0 fully saturated rings. The van der Waals surface area contributed by atoms with E-state index in [4.69, 9.17) is 4.74 Å². The summed E-state index contributed by atoms with van der Waals surface area (Å²) in [6.07, 6.45) is 2.65. The molecule has 0 bridgehead atoms. The van der Waals surface area contributed by atoms with Gasteiger partial charge in [0.25, 0.3) is 0 Å². The summed E-state index contributed by atoms with van der Waals surface area (Å²) in [5.74, 6) is 1.25. The van der Waals surface area contributed by atoms with Gasteiger partial charge in [0.05, 0.1) is 12.7 Å². The Labute approximate surface area is 105 Å². The minimum atomic E-state index is -0.250. The summed E-state index contributed by atoms with van der Waals surface area (Å²) in [4.78, 5) is 0. The van der Waals surface area contributed by atoms with Gasteiger partial charge in [0.2, 0.25) is 0 Å². The molecule has 2 heteroatoms. The second kappa shape index (κ2) is 7.33. The molecule has 0 aliphatic carbocycles. The number of benzene rings is 1. The van der Waals surface area contributed by atoms with Crippen LogP contribution >= 0.6 is 0 Å². The van der Waals surface area contributed by atoms with Crippen molar-refractivity contribution in [1.82, 2.24) is 0 Å². The first-order valence-electron chi connectivity index (χ1n) is 6.51. The van der Waals surface area contributed by atoms with E-state index < -0.39 is 0 Å². The molecule has 0 radical (unpaired) electrons. The maximum atomic E-state index is 9.90. The highest BCUT2D eigenvalue weighted by atomic mass is 16.5. The lowest BCUT2D eigenvalue weighted by Gasteiger charge is -2.18. The van der Waals surface area contributed by atoms with Crippen molar-refractivity contribution in [3.8, 4) is 5.75 Å². The van der Waals surface area contributed by atoms with Crippen LogP contribution in [0.1, 0.15) is 38.7 Å². The van der Waals surface area contributed by atoms with Crippen LogP contribution in [0.4, 0.5) is 0 Å². The molecule has 0 spiro atoms. The zero-order valence-electron chi connectivity index (χ0n) is 11.1. The lowest BCUT2D eigenvalue weighted by Crippen LogP contribution is -2.20. The predicted molar refractivity (Wildman–Crippen MR) is 71.4 cm³/mol. The molecule has 0 aliphatic rings. The molecule has 0 aromatic heterocycles. The minimum absolute atomic E-state index is 0.250. The van der Waals surface area contributed by atoms with Crippen molar-refractivity contribution in [1.29, 1.82) is 0 Å². The van der Waals surface area contributed by atoms with E-state index >= 15 is 0 Å². The molecule has 1 N–H and O–H groups in total. The number of aliphatic hydroxyl groups is 1. The van der Waals surface area contributed by atoms with E-state index in [0.717, 1.165) is 18.6 Å². The first-order valence-corrected chi connectivity index (χ1v) is 6.51. The molecule has 17 heavy (non-hydrogen) atoms. The van der Waals surface area contributed by atoms with Gasteiger partial charge in [-0.2, -0.15) is 0 Å². The maximum absolute atomic E-state index is 9.90. The normalized spacial score (nSPS) is 14.4. The first-order chi connectivity index (χ1) is 8.13. The highest BCUT2D eigenvalue weighted by Gasteiger charge is 2.12. The topological polar surface area (TPSA) is 29.5 Å². The smallest absolute Gasteiger partial charge is 0.119 e. The van der Waals surface area contributed by atoms with Crippen molar-refractivity contribution < 1.29 is 9.84 Å². The molecule has 0 aliphatic heterocycles. The van der Waals surface area contributed by atoms with Crippen LogP contribution in [-0.2, 0) is 0 Å². The molecule has 2 atom stereocenters. The van der Waals surface area contributed by atoms with E-state index in [-0.39, 0.29) is 6.10 Å². The van der Waals surface area contributed by atoms with Crippen molar-refractivity contribution in [3.05, 3.63) is 29.8 Å². The fourth-order valence-electron chi connectivity index (χ4n) is 1.93. The number of hydrogen-bond acceptors (Lipinski definition) is 2. The van der Waals surface area contributed by atoms with Crippen LogP contribution in [0.3, 0.4) is 0 Å². The lowest BCUT2D eigenvalue weighted by molar-refractivity contribution is 0.0860. The summed E-state index contributed by atoms with van der Waals surface area (Å²) < 4.78 is 5.63. The summed E-state index contributed by atoms with van der Waals surface area (Å²) >= 11 is 0. The number of aliphatic hydroxyl groups excluding tert-OH is 1. The zero-order chi connectivity index (χ0) is 12.7. The Balaban J connectivity index is 2.28. The molecule has 1 aromatic rings. The van der Waals surface area contributed by atoms with Crippen LogP contribution in [0.25, 0.3) is 0 Å². The van der Waals surface area contributed by atoms with Crippen LogP contribution in [0, 0.1) is 12.8 Å². The summed E-state index contributed by atoms with van der Waals surface area (Å²) in [6.45, 7) is 6.87. The van der Waals surface area contributed by atoms with Crippen LogP contribution in [0.5, 0.6) is 5.75 Å². The van der Waals surface area contributed by atoms with Crippen molar-refractivity contribution in [2.45, 2.75) is 46.1 Å². The molecule has 2 unspecified atom stereocenters. The largest absolute Gasteiger partial charge is 0.493 e. The second-order valence-corrected chi connectivity index (χ2v) is 4.79. The molecule has 96 valence electrons. The average Bonchev–Trinajstić information content (AvgIpc) is 2.29. The second-order valence-electron chi connectivity index (χ2n) is 4.79. The lowest BCUT2D eigenvalue weighted by atomic mass is 9.97. The quantitative estimate of drug-likeness (QED) is 0.784. The Morgan fingerprint density at radius 3 is 2.71 bits per heavy atom. The molecule has 2 nitrogen and oxygen atoms in total. The third kappa shape index (κ3) is 5.22. The molecular weight excluding hydrogens is 212 g/mol. The predicted octanol–water partition coefficient (Wildman–Crippen LogP) is 3.56. The minimum Gasteiger partial charge on any atom is -0.493 e. The summed E-state index contributed by atoms with van der Waals surface area (Å²) in [7, 11) is 0. The van der Waals surface area contributed by atoms with E-state index in [9.17, 15) is 5.11 Å². The Morgan fingerprint density at radius 2 is 2.06 bits per heavy atom. The highest BCUT2D eigenvalue weighted by molar-refractivity contribution is 5.27. The van der Waals surface area contributed by atoms with Gasteiger partial charge in [-0.05, 0) is 37.0 Å². The third-order valence-corrected chi connectivity index (χ3v) is 3.07. The van der Waals surface area contributed by atoms with E-state index in [0.29, 0.717) is 18.9 Å². The van der Waals surface area contributed by atoms with Crippen molar-refractivity contribution in [3.63, 3.8) is 0 Å². The Bertz CT molecular complexity index is 322. The number of rotatable bonds is 7. The molecule has 0 saturated heterocycles. The van der Waals surface area contributed by atoms with Gasteiger partial charge >= 0.3 is 0 Å². The average molecular weight is 236 g/mol. The van der Waals surface area contributed by atoms with E-state index in [1.165, 1.54) is 5.56 Å². The Hall–Kier alpha value is -1.02. The molecule has 0 saturated carbocycles. The van der Waals surface area contributed by atoms with Gasteiger partial charge in [0.1, 0.15) is 5.75 Å². The van der Waals surface area contributed by atoms with Crippen LogP contribution in [0.2, 0.25) is 0 Å². The summed E-state index contributed by atoms with van der Waals surface area (Å²) in [5, 5.41) is 9.90. The number of hydrogen-bond donors (Lipinski definition) is 1. The SMILES string of the molecule is CCCC(C)C(O)CCOc1cccc(C)c1. The van der Waals surface area contributed by atoms with Gasteiger partial charge < -0.3 is 9.84 Å². The summed E-state index contributed by atoms with van der Waals surface area (Å²) in [6, 6.07) is 8.00. The van der Waals surface area contributed by atoms with Gasteiger partial charge in [-0.1, -0.05) is 32.4 Å². The molecule has 1 aromatic carbocycles.